The topological polar surface area (TPSA) is 29.1 Å². The number of hydrogen-bond donors (Lipinski definition) is 1. The van der Waals surface area contributed by atoms with E-state index in [4.69, 9.17) is 11.6 Å². The van der Waals surface area contributed by atoms with Crippen LogP contribution in [0.5, 0.6) is 0 Å². The summed E-state index contributed by atoms with van der Waals surface area (Å²) in [6.07, 6.45) is 7.64. The van der Waals surface area contributed by atoms with Gasteiger partial charge in [-0.05, 0) is 43.9 Å². The molecule has 21 heavy (non-hydrogen) atoms. The van der Waals surface area contributed by atoms with Gasteiger partial charge in [0.1, 0.15) is 5.82 Å². The number of amides is 1. The highest BCUT2D eigenvalue weighted by atomic mass is 35.5. The van der Waals surface area contributed by atoms with Crippen LogP contribution >= 0.6 is 23.4 Å². The smallest absolute Gasteiger partial charge is 0.236 e. The molecule has 2 fully saturated rings. The van der Waals surface area contributed by atoms with Crippen LogP contribution in [-0.4, -0.2) is 16.7 Å². The van der Waals surface area contributed by atoms with Crippen molar-refractivity contribution in [2.24, 2.45) is 0 Å². The minimum absolute atomic E-state index is 0.114. The van der Waals surface area contributed by atoms with E-state index in [9.17, 15) is 9.18 Å². The fourth-order valence-electron chi connectivity index (χ4n) is 2.82. The lowest BCUT2D eigenvalue weighted by molar-refractivity contribution is -0.122. The van der Waals surface area contributed by atoms with Crippen molar-refractivity contribution in [1.29, 1.82) is 0 Å². The summed E-state index contributed by atoms with van der Waals surface area (Å²) in [7, 11) is 0. The van der Waals surface area contributed by atoms with Crippen LogP contribution < -0.4 is 5.32 Å². The van der Waals surface area contributed by atoms with Crippen molar-refractivity contribution in [3.63, 3.8) is 0 Å². The second-order valence-corrected chi connectivity index (χ2v) is 7.84. The molecule has 2 saturated carbocycles. The van der Waals surface area contributed by atoms with Crippen LogP contribution in [0.15, 0.2) is 23.1 Å². The first-order valence-corrected chi connectivity index (χ1v) is 8.74. The molecule has 3 rings (SSSR count). The fraction of sp³-hybridized carbons (Fsp3) is 0.562. The van der Waals surface area contributed by atoms with E-state index in [1.54, 1.807) is 12.1 Å². The van der Waals surface area contributed by atoms with Gasteiger partial charge in [-0.25, -0.2) is 4.39 Å². The van der Waals surface area contributed by atoms with Crippen molar-refractivity contribution in [3.05, 3.63) is 29.0 Å². The van der Waals surface area contributed by atoms with Crippen molar-refractivity contribution >= 4 is 29.3 Å². The number of carbonyl (C=O) groups is 1. The second kappa shape index (κ2) is 6.17. The van der Waals surface area contributed by atoms with Crippen LogP contribution in [0.25, 0.3) is 0 Å². The number of nitrogens with one attached hydrogen (secondary N) is 1. The van der Waals surface area contributed by atoms with Crippen LogP contribution in [-0.2, 0) is 4.79 Å². The number of rotatable bonds is 4. The molecule has 2 aliphatic carbocycles. The Morgan fingerprint density at radius 2 is 2.00 bits per heavy atom. The van der Waals surface area contributed by atoms with Crippen LogP contribution in [0.2, 0.25) is 5.02 Å². The standard InChI is InChI=1S/C16H19ClFNOS/c17-13-10-12(6-7-14(13)18)21-16(8-9-16)15(20)19-11-4-2-1-3-5-11/h6-7,10-11H,1-5,8-9H2,(H,19,20). The molecule has 0 aromatic heterocycles. The maximum Gasteiger partial charge on any atom is 0.236 e. The number of carbonyl (C=O) groups excluding carboxylic acids is 1. The number of thioether (sulfide) groups is 1. The van der Waals surface area contributed by atoms with E-state index < -0.39 is 5.82 Å². The van der Waals surface area contributed by atoms with Gasteiger partial charge in [-0.3, -0.25) is 4.79 Å². The van der Waals surface area contributed by atoms with Crippen molar-refractivity contribution in [3.8, 4) is 0 Å². The molecule has 1 aromatic carbocycles. The predicted molar refractivity (Wildman–Crippen MR) is 84.2 cm³/mol. The molecule has 0 radical (unpaired) electrons. The third-order valence-corrected chi connectivity index (χ3v) is 6.03. The molecule has 0 heterocycles. The summed E-state index contributed by atoms with van der Waals surface area (Å²) in [5.74, 6) is -0.280. The van der Waals surface area contributed by atoms with Gasteiger partial charge in [0.2, 0.25) is 5.91 Å². The van der Waals surface area contributed by atoms with Gasteiger partial charge in [-0.1, -0.05) is 30.9 Å². The van der Waals surface area contributed by atoms with Gasteiger partial charge in [0.15, 0.2) is 0 Å². The maximum absolute atomic E-state index is 13.2. The first-order chi connectivity index (χ1) is 10.1. The van der Waals surface area contributed by atoms with E-state index in [1.807, 2.05) is 0 Å². The Balaban J connectivity index is 1.63. The summed E-state index contributed by atoms with van der Waals surface area (Å²) in [5.41, 5.74) is 0. The molecule has 114 valence electrons. The van der Waals surface area contributed by atoms with Gasteiger partial charge >= 0.3 is 0 Å². The van der Waals surface area contributed by atoms with Crippen molar-refractivity contribution in [1.82, 2.24) is 5.32 Å². The predicted octanol–water partition coefficient (Wildman–Crippen LogP) is 4.55. The molecule has 1 N–H and O–H groups in total. The van der Waals surface area contributed by atoms with Gasteiger partial charge in [0.25, 0.3) is 0 Å². The lowest BCUT2D eigenvalue weighted by atomic mass is 9.95. The first kappa shape index (κ1) is 15.2. The summed E-state index contributed by atoms with van der Waals surface area (Å²) in [6, 6.07) is 5.00. The lowest BCUT2D eigenvalue weighted by Crippen LogP contribution is -2.42. The average Bonchev–Trinajstić information content (AvgIpc) is 3.25. The van der Waals surface area contributed by atoms with Gasteiger partial charge in [-0.2, -0.15) is 0 Å². The minimum Gasteiger partial charge on any atom is -0.352 e. The third-order valence-electron chi connectivity index (χ3n) is 4.26. The Bertz CT molecular complexity index is 541. The van der Waals surface area contributed by atoms with Crippen molar-refractivity contribution in [2.75, 3.05) is 0 Å². The molecule has 0 atom stereocenters. The quantitative estimate of drug-likeness (QED) is 0.878. The zero-order chi connectivity index (χ0) is 14.9. The third kappa shape index (κ3) is 3.54. The molecule has 0 saturated heterocycles. The number of benzene rings is 1. The highest BCUT2D eigenvalue weighted by molar-refractivity contribution is 8.01. The van der Waals surface area contributed by atoms with E-state index in [-0.39, 0.29) is 15.7 Å². The average molecular weight is 328 g/mol. The summed E-state index contributed by atoms with van der Waals surface area (Å²) < 4.78 is 12.8. The van der Waals surface area contributed by atoms with Crippen LogP contribution in [0.4, 0.5) is 4.39 Å². The van der Waals surface area contributed by atoms with E-state index >= 15 is 0 Å². The van der Waals surface area contributed by atoms with Crippen LogP contribution in [0.3, 0.4) is 0 Å². The van der Waals surface area contributed by atoms with E-state index in [1.165, 1.54) is 37.1 Å². The van der Waals surface area contributed by atoms with Crippen molar-refractivity contribution in [2.45, 2.75) is 60.6 Å². The largest absolute Gasteiger partial charge is 0.352 e. The molecule has 0 aliphatic heterocycles. The Morgan fingerprint density at radius 3 is 2.62 bits per heavy atom. The Kier molecular flexibility index (Phi) is 4.46. The minimum atomic E-state index is -0.419. The molecule has 0 bridgehead atoms. The van der Waals surface area contributed by atoms with E-state index in [0.717, 1.165) is 30.6 Å². The van der Waals surface area contributed by atoms with Gasteiger partial charge in [0.05, 0.1) is 9.77 Å². The normalized spacial score (nSPS) is 21.0. The Morgan fingerprint density at radius 1 is 1.29 bits per heavy atom. The molecule has 5 heteroatoms. The summed E-state index contributed by atoms with van der Waals surface area (Å²) in [6.45, 7) is 0. The highest BCUT2D eigenvalue weighted by Crippen LogP contribution is 2.52. The van der Waals surface area contributed by atoms with Crippen LogP contribution in [0.1, 0.15) is 44.9 Å². The maximum atomic E-state index is 13.2. The molecule has 0 spiro atoms. The second-order valence-electron chi connectivity index (χ2n) is 5.98. The first-order valence-electron chi connectivity index (χ1n) is 7.54. The van der Waals surface area contributed by atoms with Gasteiger partial charge in [0, 0.05) is 10.9 Å². The summed E-state index contributed by atoms with van der Waals surface area (Å²) in [4.78, 5) is 13.4. The molecule has 1 aromatic rings. The molecular formula is C16H19ClFNOS. The Hall–Kier alpha value is -0.740. The SMILES string of the molecule is O=C(NC1CCCCC1)C1(Sc2ccc(F)c(Cl)c2)CC1. The number of hydrogen-bond acceptors (Lipinski definition) is 2. The molecule has 0 unspecified atom stereocenters. The van der Waals surface area contributed by atoms with Gasteiger partial charge < -0.3 is 5.32 Å². The fourth-order valence-corrected chi connectivity index (χ4v) is 4.29. The van der Waals surface area contributed by atoms with E-state index in [2.05, 4.69) is 5.32 Å². The van der Waals surface area contributed by atoms with E-state index in [0.29, 0.717) is 6.04 Å². The lowest BCUT2D eigenvalue weighted by Gasteiger charge is -2.25. The molecule has 2 aliphatic rings. The Labute approximate surface area is 133 Å². The zero-order valence-corrected chi connectivity index (χ0v) is 13.4. The zero-order valence-electron chi connectivity index (χ0n) is 11.8. The molecule has 2 nitrogen and oxygen atoms in total. The molecular weight excluding hydrogens is 309 g/mol. The van der Waals surface area contributed by atoms with Crippen molar-refractivity contribution < 1.29 is 9.18 Å². The van der Waals surface area contributed by atoms with Gasteiger partial charge in [-0.15, -0.1) is 11.8 Å². The number of halogens is 2. The monoisotopic (exact) mass is 327 g/mol. The molecule has 1 amide bonds. The summed E-state index contributed by atoms with van der Waals surface area (Å²) in [5, 5.41) is 3.32. The highest BCUT2D eigenvalue weighted by Gasteiger charge is 2.51. The van der Waals surface area contributed by atoms with Crippen LogP contribution in [0, 0.1) is 5.82 Å². The summed E-state index contributed by atoms with van der Waals surface area (Å²) >= 11 is 7.32.